The number of nitrogens with zero attached hydrogens (tertiary/aromatic N) is 1. The van der Waals surface area contributed by atoms with Crippen molar-refractivity contribution in [2.24, 2.45) is 5.92 Å². The van der Waals surface area contributed by atoms with Crippen LogP contribution in [0.25, 0.3) is 0 Å². The summed E-state index contributed by atoms with van der Waals surface area (Å²) < 4.78 is 1.60. The minimum absolute atomic E-state index is 0.103. The predicted octanol–water partition coefficient (Wildman–Crippen LogP) is 1.22. The normalized spacial score (nSPS) is 18.2. The highest BCUT2D eigenvalue weighted by Gasteiger charge is 2.13. The zero-order chi connectivity index (χ0) is 10.7. The summed E-state index contributed by atoms with van der Waals surface area (Å²) in [5, 5.41) is 3.84. The third-order valence-corrected chi connectivity index (χ3v) is 3.35. The minimum atomic E-state index is -0.103. The highest BCUT2D eigenvalue weighted by Crippen LogP contribution is 2.17. The Hall–Kier alpha value is -0.740. The zero-order valence-corrected chi connectivity index (χ0v) is 9.39. The van der Waals surface area contributed by atoms with Crippen molar-refractivity contribution < 1.29 is 0 Å². The number of H-pyrrole nitrogens is 1. The van der Waals surface area contributed by atoms with E-state index in [1.165, 1.54) is 12.8 Å². The molecule has 2 heterocycles. The molecule has 1 aromatic heterocycles. The molecular formula is C10H16ClN3O. The van der Waals surface area contributed by atoms with Crippen LogP contribution < -0.4 is 11.0 Å². The molecule has 1 aliphatic rings. The third kappa shape index (κ3) is 2.63. The van der Waals surface area contributed by atoms with E-state index in [-0.39, 0.29) is 5.69 Å². The smallest absolute Gasteiger partial charge is 0.317 e. The molecule has 0 unspecified atom stereocenters. The third-order valence-electron chi connectivity index (χ3n) is 3.04. The molecule has 2 rings (SSSR count). The van der Waals surface area contributed by atoms with Crippen LogP contribution in [0.2, 0.25) is 5.15 Å². The molecule has 1 fully saturated rings. The van der Waals surface area contributed by atoms with Crippen LogP contribution in [0.4, 0.5) is 0 Å². The van der Waals surface area contributed by atoms with E-state index >= 15 is 0 Å². The van der Waals surface area contributed by atoms with Gasteiger partial charge in [0.25, 0.3) is 0 Å². The molecule has 1 aromatic rings. The molecule has 0 radical (unpaired) electrons. The number of hydrogen-bond donors (Lipinski definition) is 2. The lowest BCUT2D eigenvalue weighted by Gasteiger charge is -2.22. The first-order chi connectivity index (χ1) is 7.27. The van der Waals surface area contributed by atoms with Crippen LogP contribution in [0.3, 0.4) is 0 Å². The summed E-state index contributed by atoms with van der Waals surface area (Å²) in [6, 6.07) is 0. The van der Waals surface area contributed by atoms with Gasteiger partial charge in [-0.3, -0.25) is 4.57 Å². The van der Waals surface area contributed by atoms with Crippen LogP contribution >= 0.6 is 11.6 Å². The Morgan fingerprint density at radius 1 is 1.47 bits per heavy atom. The number of halogens is 1. The van der Waals surface area contributed by atoms with E-state index in [1.807, 2.05) is 0 Å². The molecule has 0 spiro atoms. The van der Waals surface area contributed by atoms with E-state index in [4.69, 9.17) is 11.6 Å². The molecule has 84 valence electrons. The van der Waals surface area contributed by atoms with Gasteiger partial charge in [0.05, 0.1) is 0 Å². The van der Waals surface area contributed by atoms with Gasteiger partial charge in [-0.05, 0) is 38.3 Å². The minimum Gasteiger partial charge on any atom is -0.317 e. The second kappa shape index (κ2) is 4.86. The summed E-state index contributed by atoms with van der Waals surface area (Å²) in [5.41, 5.74) is -0.103. The van der Waals surface area contributed by atoms with Crippen molar-refractivity contribution in [3.05, 3.63) is 21.8 Å². The summed E-state index contributed by atoms with van der Waals surface area (Å²) in [5.74, 6) is 0.726. The monoisotopic (exact) mass is 229 g/mol. The van der Waals surface area contributed by atoms with E-state index in [0.717, 1.165) is 32.0 Å². The molecule has 0 aliphatic carbocycles. The lowest BCUT2D eigenvalue weighted by molar-refractivity contribution is 0.336. The molecule has 0 aromatic carbocycles. The second-order valence-corrected chi connectivity index (χ2v) is 4.44. The van der Waals surface area contributed by atoms with E-state index < -0.39 is 0 Å². The van der Waals surface area contributed by atoms with Crippen molar-refractivity contribution in [2.45, 2.75) is 25.8 Å². The van der Waals surface area contributed by atoms with Gasteiger partial charge in [-0.15, -0.1) is 0 Å². The Morgan fingerprint density at radius 2 is 2.20 bits per heavy atom. The highest BCUT2D eigenvalue weighted by molar-refractivity contribution is 6.29. The molecule has 1 aliphatic heterocycles. The molecule has 15 heavy (non-hydrogen) atoms. The van der Waals surface area contributed by atoms with Crippen LogP contribution in [0, 0.1) is 5.92 Å². The number of rotatable bonds is 3. The molecule has 4 nitrogen and oxygen atoms in total. The first kappa shape index (κ1) is 10.8. The first-order valence-corrected chi connectivity index (χ1v) is 5.79. The van der Waals surface area contributed by atoms with Crippen molar-refractivity contribution in [1.29, 1.82) is 0 Å². The molecular weight excluding hydrogens is 214 g/mol. The maximum Gasteiger partial charge on any atom is 0.326 e. The molecule has 0 atom stereocenters. The van der Waals surface area contributed by atoms with Crippen LogP contribution in [0.5, 0.6) is 0 Å². The summed E-state index contributed by atoms with van der Waals surface area (Å²) in [6.45, 7) is 2.92. The number of piperidine rings is 1. The van der Waals surface area contributed by atoms with Gasteiger partial charge >= 0.3 is 5.69 Å². The fraction of sp³-hybridized carbons (Fsp3) is 0.700. The number of aromatic amines is 1. The van der Waals surface area contributed by atoms with E-state index in [0.29, 0.717) is 5.15 Å². The Bertz CT molecular complexity index is 365. The predicted molar refractivity (Wildman–Crippen MR) is 60.3 cm³/mol. The largest absolute Gasteiger partial charge is 0.326 e. The van der Waals surface area contributed by atoms with Gasteiger partial charge in [0, 0.05) is 12.7 Å². The fourth-order valence-corrected chi connectivity index (χ4v) is 2.28. The van der Waals surface area contributed by atoms with Crippen molar-refractivity contribution in [3.63, 3.8) is 0 Å². The Kier molecular flexibility index (Phi) is 3.49. The van der Waals surface area contributed by atoms with Gasteiger partial charge in [-0.1, -0.05) is 11.6 Å². The van der Waals surface area contributed by atoms with Gasteiger partial charge in [0.15, 0.2) is 0 Å². The summed E-state index contributed by atoms with van der Waals surface area (Å²) in [6.07, 6.45) is 5.00. The first-order valence-electron chi connectivity index (χ1n) is 5.42. The van der Waals surface area contributed by atoms with Gasteiger partial charge in [0.1, 0.15) is 5.15 Å². The van der Waals surface area contributed by atoms with E-state index in [1.54, 1.807) is 10.8 Å². The fourth-order valence-electron chi connectivity index (χ4n) is 2.06. The Morgan fingerprint density at radius 3 is 2.80 bits per heavy atom. The number of nitrogens with one attached hydrogen (secondary N) is 2. The molecule has 0 saturated carbocycles. The molecule has 2 N–H and O–H groups in total. The standard InChI is InChI=1S/C10H16ClN3O/c11-9-7-13-10(15)14(9)6-3-8-1-4-12-5-2-8/h7-8,12H,1-6H2,(H,13,15). The molecule has 1 saturated heterocycles. The van der Waals surface area contributed by atoms with Crippen molar-refractivity contribution in [1.82, 2.24) is 14.9 Å². The van der Waals surface area contributed by atoms with Crippen molar-refractivity contribution in [2.75, 3.05) is 13.1 Å². The maximum absolute atomic E-state index is 11.3. The lowest BCUT2D eigenvalue weighted by Crippen LogP contribution is -2.29. The summed E-state index contributed by atoms with van der Waals surface area (Å²) in [7, 11) is 0. The van der Waals surface area contributed by atoms with Gasteiger partial charge in [-0.2, -0.15) is 0 Å². The molecule has 0 amide bonds. The lowest BCUT2D eigenvalue weighted by atomic mass is 9.95. The second-order valence-electron chi connectivity index (χ2n) is 4.05. The Balaban J connectivity index is 1.89. The average Bonchev–Trinajstić information content (AvgIpc) is 2.58. The van der Waals surface area contributed by atoms with Crippen LogP contribution in [0.15, 0.2) is 11.0 Å². The average molecular weight is 230 g/mol. The van der Waals surface area contributed by atoms with E-state index in [2.05, 4.69) is 10.3 Å². The maximum atomic E-state index is 11.3. The summed E-state index contributed by atoms with van der Waals surface area (Å²) in [4.78, 5) is 13.9. The zero-order valence-electron chi connectivity index (χ0n) is 8.63. The van der Waals surface area contributed by atoms with Crippen LogP contribution in [-0.4, -0.2) is 22.6 Å². The topological polar surface area (TPSA) is 49.8 Å². The van der Waals surface area contributed by atoms with Crippen LogP contribution in [-0.2, 0) is 6.54 Å². The number of aromatic nitrogens is 2. The van der Waals surface area contributed by atoms with Crippen molar-refractivity contribution >= 4 is 11.6 Å². The molecule has 0 bridgehead atoms. The van der Waals surface area contributed by atoms with Crippen molar-refractivity contribution in [3.8, 4) is 0 Å². The Labute approximate surface area is 93.6 Å². The number of hydrogen-bond acceptors (Lipinski definition) is 2. The van der Waals surface area contributed by atoms with Gasteiger partial charge < -0.3 is 10.3 Å². The SMILES string of the molecule is O=c1[nH]cc(Cl)n1CCC1CCNCC1. The summed E-state index contributed by atoms with van der Waals surface area (Å²) >= 11 is 5.88. The highest BCUT2D eigenvalue weighted by atomic mass is 35.5. The number of imidazole rings is 1. The van der Waals surface area contributed by atoms with Gasteiger partial charge in [0.2, 0.25) is 0 Å². The quantitative estimate of drug-likeness (QED) is 0.819. The van der Waals surface area contributed by atoms with Crippen LogP contribution in [0.1, 0.15) is 19.3 Å². The van der Waals surface area contributed by atoms with E-state index in [9.17, 15) is 4.79 Å². The van der Waals surface area contributed by atoms with Gasteiger partial charge in [-0.25, -0.2) is 4.79 Å². The molecule has 5 heteroatoms.